The molecule has 2 rings (SSSR count). The zero-order valence-corrected chi connectivity index (χ0v) is 12.7. The number of carbonyl (C=O) groups is 2. The van der Waals surface area contributed by atoms with Gasteiger partial charge in [0.1, 0.15) is 5.00 Å². The van der Waals surface area contributed by atoms with E-state index in [1.165, 1.54) is 11.3 Å². The van der Waals surface area contributed by atoms with Crippen LogP contribution in [0, 0.1) is 13.8 Å². The molecular weight excluding hydrogens is 292 g/mol. The predicted octanol–water partition coefficient (Wildman–Crippen LogP) is 2.99. The lowest BCUT2D eigenvalue weighted by atomic mass is 10.1. The summed E-state index contributed by atoms with van der Waals surface area (Å²) in [7, 11) is 0. The van der Waals surface area contributed by atoms with Gasteiger partial charge in [-0.1, -0.05) is 6.92 Å². The molecule has 0 fully saturated rings. The molecule has 2 heterocycles. The van der Waals surface area contributed by atoms with Gasteiger partial charge >= 0.3 is 12.0 Å². The van der Waals surface area contributed by atoms with E-state index in [4.69, 9.17) is 0 Å². The average Bonchev–Trinajstić information content (AvgIpc) is 2.95. The van der Waals surface area contributed by atoms with Crippen LogP contribution in [0.3, 0.4) is 0 Å². The number of amides is 2. The number of carboxylic acids is 1. The van der Waals surface area contributed by atoms with Gasteiger partial charge in [-0.05, 0) is 25.8 Å². The number of thiophene rings is 1. The molecule has 7 nitrogen and oxygen atoms in total. The van der Waals surface area contributed by atoms with E-state index in [0.717, 1.165) is 17.0 Å². The summed E-state index contributed by atoms with van der Waals surface area (Å²) in [5.74, 6) is -0.661. The van der Waals surface area contributed by atoms with E-state index in [1.54, 1.807) is 13.0 Å². The fourth-order valence-electron chi connectivity index (χ4n) is 1.83. The van der Waals surface area contributed by atoms with Crippen molar-refractivity contribution >= 4 is 34.2 Å². The molecule has 0 unspecified atom stereocenters. The van der Waals surface area contributed by atoms with Gasteiger partial charge in [-0.3, -0.25) is 15.7 Å². The summed E-state index contributed by atoms with van der Waals surface area (Å²) in [6.07, 6.45) is 0.781. The third kappa shape index (κ3) is 3.22. The number of anilines is 2. The molecule has 0 radical (unpaired) electrons. The molecule has 0 bridgehead atoms. The molecule has 8 heteroatoms. The van der Waals surface area contributed by atoms with Crippen LogP contribution in [0.25, 0.3) is 0 Å². The minimum atomic E-state index is -1.06. The lowest BCUT2D eigenvalue weighted by Crippen LogP contribution is -2.20. The number of nitrogens with zero attached hydrogens (tertiary/aromatic N) is 1. The van der Waals surface area contributed by atoms with Gasteiger partial charge in [-0.25, -0.2) is 9.59 Å². The van der Waals surface area contributed by atoms with Crippen molar-refractivity contribution in [2.75, 3.05) is 10.6 Å². The Balaban J connectivity index is 2.13. The highest BCUT2D eigenvalue weighted by molar-refractivity contribution is 7.16. The van der Waals surface area contributed by atoms with Crippen molar-refractivity contribution in [2.24, 2.45) is 0 Å². The number of nitrogens with one attached hydrogen (secondary N) is 3. The first kappa shape index (κ1) is 15.0. The van der Waals surface area contributed by atoms with Crippen LogP contribution in [0.2, 0.25) is 0 Å². The predicted molar refractivity (Wildman–Crippen MR) is 81.4 cm³/mol. The van der Waals surface area contributed by atoms with E-state index in [9.17, 15) is 14.7 Å². The van der Waals surface area contributed by atoms with Crippen LogP contribution in [0.15, 0.2) is 6.07 Å². The summed E-state index contributed by atoms with van der Waals surface area (Å²) in [6.45, 7) is 5.50. The molecule has 0 saturated heterocycles. The maximum absolute atomic E-state index is 11.9. The lowest BCUT2D eigenvalue weighted by molar-refractivity contribution is 0.0697. The van der Waals surface area contributed by atoms with E-state index in [2.05, 4.69) is 20.8 Å². The van der Waals surface area contributed by atoms with Gasteiger partial charge in [0.25, 0.3) is 0 Å². The number of aromatic carboxylic acids is 1. The molecule has 0 aliphatic carbocycles. The topological polar surface area (TPSA) is 107 Å². The summed E-state index contributed by atoms with van der Waals surface area (Å²) in [5, 5.41) is 21.4. The molecule has 2 amide bonds. The van der Waals surface area contributed by atoms with Gasteiger partial charge in [-0.2, -0.15) is 5.10 Å². The fourth-order valence-corrected chi connectivity index (χ4v) is 2.88. The number of carboxylic acid groups (broad SMARTS) is 1. The van der Waals surface area contributed by atoms with Gasteiger partial charge in [0.15, 0.2) is 5.82 Å². The van der Waals surface area contributed by atoms with Crippen molar-refractivity contribution in [2.45, 2.75) is 27.2 Å². The number of aromatic amines is 1. The van der Waals surface area contributed by atoms with Gasteiger partial charge in [0.05, 0.1) is 5.56 Å². The van der Waals surface area contributed by atoms with Crippen molar-refractivity contribution in [3.8, 4) is 0 Å². The molecule has 2 aromatic rings. The Labute approximate surface area is 125 Å². The van der Waals surface area contributed by atoms with Crippen LogP contribution >= 0.6 is 11.3 Å². The normalized spacial score (nSPS) is 10.4. The van der Waals surface area contributed by atoms with E-state index in [1.807, 2.05) is 13.8 Å². The molecule has 0 aromatic carbocycles. The zero-order valence-electron chi connectivity index (χ0n) is 11.9. The number of carbonyl (C=O) groups excluding carboxylic acids is 1. The van der Waals surface area contributed by atoms with E-state index in [0.29, 0.717) is 16.4 Å². The molecular formula is C13H16N4O3S. The van der Waals surface area contributed by atoms with Crippen LogP contribution in [0.4, 0.5) is 15.6 Å². The maximum Gasteiger partial charge on any atom is 0.338 e. The smallest absolute Gasteiger partial charge is 0.338 e. The number of hydrogen-bond donors (Lipinski definition) is 4. The van der Waals surface area contributed by atoms with Gasteiger partial charge in [-0.15, -0.1) is 11.3 Å². The Morgan fingerprint density at radius 2 is 2.10 bits per heavy atom. The van der Waals surface area contributed by atoms with Gasteiger partial charge < -0.3 is 5.11 Å². The number of rotatable bonds is 4. The third-order valence-electron chi connectivity index (χ3n) is 3.08. The largest absolute Gasteiger partial charge is 0.478 e. The average molecular weight is 308 g/mol. The zero-order chi connectivity index (χ0) is 15.6. The highest BCUT2D eigenvalue weighted by atomic mass is 32.1. The number of aromatic nitrogens is 2. The van der Waals surface area contributed by atoms with Crippen LogP contribution in [-0.4, -0.2) is 27.3 Å². The standard InChI is InChI=1S/C13H16N4O3S/c1-4-8-5-9(17-16-8)14-13(20)15-11-10(12(18)19)6(2)7(3)21-11/h5H,4H2,1-3H3,(H,18,19)(H3,14,15,16,17,20). The van der Waals surface area contributed by atoms with E-state index in [-0.39, 0.29) is 5.56 Å². The second kappa shape index (κ2) is 5.96. The van der Waals surface area contributed by atoms with E-state index >= 15 is 0 Å². The van der Waals surface area contributed by atoms with Crippen LogP contribution in [-0.2, 0) is 6.42 Å². The SMILES string of the molecule is CCc1cc(NC(=O)Nc2sc(C)c(C)c2C(=O)O)n[nH]1. The number of H-pyrrole nitrogens is 1. The minimum Gasteiger partial charge on any atom is -0.478 e. The Bertz CT molecular complexity index is 690. The Kier molecular flexibility index (Phi) is 4.27. The fraction of sp³-hybridized carbons (Fsp3) is 0.308. The lowest BCUT2D eigenvalue weighted by Gasteiger charge is -2.04. The molecule has 0 aliphatic rings. The third-order valence-corrected chi connectivity index (χ3v) is 4.20. The van der Waals surface area contributed by atoms with Crippen LogP contribution < -0.4 is 10.6 Å². The minimum absolute atomic E-state index is 0.129. The molecule has 0 aliphatic heterocycles. The summed E-state index contributed by atoms with van der Waals surface area (Å²) in [6, 6.07) is 1.20. The Hall–Kier alpha value is -2.35. The molecule has 0 atom stereocenters. The summed E-state index contributed by atoms with van der Waals surface area (Å²) >= 11 is 1.24. The number of urea groups is 1. The Morgan fingerprint density at radius 3 is 2.67 bits per heavy atom. The monoisotopic (exact) mass is 308 g/mol. The Morgan fingerprint density at radius 1 is 1.38 bits per heavy atom. The van der Waals surface area contributed by atoms with Crippen molar-refractivity contribution in [1.82, 2.24) is 10.2 Å². The van der Waals surface area contributed by atoms with Crippen molar-refractivity contribution < 1.29 is 14.7 Å². The quantitative estimate of drug-likeness (QED) is 0.696. The summed E-state index contributed by atoms with van der Waals surface area (Å²) in [4.78, 5) is 24.0. The molecule has 112 valence electrons. The summed E-state index contributed by atoms with van der Waals surface area (Å²) in [5.41, 5.74) is 1.69. The first-order valence-electron chi connectivity index (χ1n) is 6.38. The molecule has 0 spiro atoms. The van der Waals surface area contributed by atoms with Crippen molar-refractivity contribution in [1.29, 1.82) is 0 Å². The van der Waals surface area contributed by atoms with Gasteiger partial charge in [0, 0.05) is 16.6 Å². The first-order valence-corrected chi connectivity index (χ1v) is 7.19. The second-order valence-corrected chi connectivity index (χ2v) is 5.73. The number of hydrogen-bond acceptors (Lipinski definition) is 4. The van der Waals surface area contributed by atoms with Crippen LogP contribution in [0.1, 0.15) is 33.4 Å². The van der Waals surface area contributed by atoms with Crippen LogP contribution in [0.5, 0.6) is 0 Å². The molecule has 4 N–H and O–H groups in total. The van der Waals surface area contributed by atoms with E-state index < -0.39 is 12.0 Å². The second-order valence-electron chi connectivity index (χ2n) is 4.50. The highest BCUT2D eigenvalue weighted by Crippen LogP contribution is 2.32. The molecule has 2 aromatic heterocycles. The highest BCUT2D eigenvalue weighted by Gasteiger charge is 2.20. The summed E-state index contributed by atoms with van der Waals surface area (Å²) < 4.78 is 0. The van der Waals surface area contributed by atoms with Gasteiger partial charge in [0.2, 0.25) is 0 Å². The van der Waals surface area contributed by atoms with Crippen molar-refractivity contribution in [3.63, 3.8) is 0 Å². The molecule has 21 heavy (non-hydrogen) atoms. The first-order chi connectivity index (χ1) is 9.92. The number of aryl methyl sites for hydroxylation is 2. The van der Waals surface area contributed by atoms with Crippen molar-refractivity contribution in [3.05, 3.63) is 27.8 Å². The maximum atomic E-state index is 11.9. The molecule has 0 saturated carbocycles.